The van der Waals surface area contributed by atoms with Crippen LogP contribution >= 0.6 is 34.2 Å². The van der Waals surface area contributed by atoms with Crippen molar-refractivity contribution in [3.05, 3.63) is 12.2 Å². The Morgan fingerprint density at radius 1 is 1.27 bits per heavy atom. The molecule has 0 aliphatic heterocycles. The van der Waals surface area contributed by atoms with Crippen LogP contribution in [0.4, 0.5) is 0 Å². The minimum Gasteiger partial charge on any atom is -0.175 e. The number of thiol groups is 1. The van der Waals surface area contributed by atoms with Crippen molar-refractivity contribution >= 4 is 34.2 Å². The van der Waals surface area contributed by atoms with Gasteiger partial charge in [-0.2, -0.15) is 12.6 Å². The Balaban J connectivity index is 3.21. The molecule has 66 valence electrons. The summed E-state index contributed by atoms with van der Waals surface area (Å²) in [6.07, 6.45) is 4.25. The van der Waals surface area contributed by atoms with E-state index in [2.05, 4.69) is 45.6 Å². The quantitative estimate of drug-likeness (QED) is 0.324. The first-order valence-corrected chi connectivity index (χ1v) is 6.58. The van der Waals surface area contributed by atoms with Crippen molar-refractivity contribution < 1.29 is 0 Å². The van der Waals surface area contributed by atoms with Crippen LogP contribution in [0.1, 0.15) is 20.8 Å². The third-order valence-electron chi connectivity index (χ3n) is 0.745. The van der Waals surface area contributed by atoms with E-state index in [9.17, 15) is 0 Å². The van der Waals surface area contributed by atoms with Crippen molar-refractivity contribution in [1.82, 2.24) is 0 Å². The van der Waals surface area contributed by atoms with Gasteiger partial charge in [0.1, 0.15) is 0 Å². The average Bonchev–Trinajstić information content (AvgIpc) is 1.85. The molecule has 0 aromatic carbocycles. The van der Waals surface area contributed by atoms with Gasteiger partial charge in [0.2, 0.25) is 0 Å². The van der Waals surface area contributed by atoms with E-state index in [0.29, 0.717) is 4.75 Å². The van der Waals surface area contributed by atoms with Crippen LogP contribution in [0.3, 0.4) is 0 Å². The largest absolute Gasteiger partial charge is 0.175 e. The topological polar surface area (TPSA) is 0 Å². The molecule has 0 nitrogen and oxygen atoms in total. The van der Waals surface area contributed by atoms with Crippen molar-refractivity contribution in [1.29, 1.82) is 0 Å². The molecule has 0 atom stereocenters. The van der Waals surface area contributed by atoms with Crippen LogP contribution in [0, 0.1) is 0 Å². The zero-order valence-electron chi connectivity index (χ0n) is 7.33. The Labute approximate surface area is 83.4 Å². The Kier molecular flexibility index (Phi) is 6.78. The summed E-state index contributed by atoms with van der Waals surface area (Å²) in [4.78, 5) is 0. The first kappa shape index (κ1) is 11.8. The van der Waals surface area contributed by atoms with Crippen LogP contribution in [0.15, 0.2) is 12.2 Å². The van der Waals surface area contributed by atoms with Crippen molar-refractivity contribution in [2.45, 2.75) is 25.5 Å². The van der Waals surface area contributed by atoms with E-state index in [1.54, 1.807) is 0 Å². The Hall–Kier alpha value is 0.790. The van der Waals surface area contributed by atoms with Gasteiger partial charge in [-0.25, -0.2) is 0 Å². The molecule has 0 heterocycles. The monoisotopic (exact) mass is 208 g/mol. The highest BCUT2D eigenvalue weighted by molar-refractivity contribution is 8.77. The van der Waals surface area contributed by atoms with Crippen LogP contribution < -0.4 is 0 Å². The predicted molar refractivity (Wildman–Crippen MR) is 62.8 cm³/mol. The molecule has 0 aromatic rings. The predicted octanol–water partition coefficient (Wildman–Crippen LogP) is 3.65. The molecule has 0 aromatic heterocycles. The maximum Gasteiger partial charge on any atom is 0.0218 e. The van der Waals surface area contributed by atoms with Crippen LogP contribution in [0.5, 0.6) is 0 Å². The molecule has 0 amide bonds. The normalized spacial score (nSPS) is 12.7. The van der Waals surface area contributed by atoms with E-state index in [-0.39, 0.29) is 0 Å². The second kappa shape index (κ2) is 6.32. The van der Waals surface area contributed by atoms with E-state index >= 15 is 0 Å². The van der Waals surface area contributed by atoms with Crippen molar-refractivity contribution in [2.75, 3.05) is 11.5 Å². The molecule has 0 aliphatic rings. The van der Waals surface area contributed by atoms with Crippen LogP contribution in [-0.2, 0) is 0 Å². The third-order valence-corrected chi connectivity index (χ3v) is 4.16. The van der Waals surface area contributed by atoms with Crippen molar-refractivity contribution in [3.63, 3.8) is 0 Å². The molecular weight excluding hydrogens is 192 g/mol. The fourth-order valence-corrected chi connectivity index (χ4v) is 2.68. The molecule has 0 bridgehead atoms. The maximum atomic E-state index is 4.08. The minimum atomic E-state index is 0.374. The van der Waals surface area contributed by atoms with Gasteiger partial charge in [0.15, 0.2) is 0 Å². The van der Waals surface area contributed by atoms with Gasteiger partial charge in [0.05, 0.1) is 0 Å². The first-order valence-electron chi connectivity index (χ1n) is 3.63. The maximum absolute atomic E-state index is 4.08. The van der Waals surface area contributed by atoms with Gasteiger partial charge >= 0.3 is 0 Å². The smallest absolute Gasteiger partial charge is 0.0218 e. The third kappa shape index (κ3) is 10.8. The average molecular weight is 208 g/mol. The summed E-state index contributed by atoms with van der Waals surface area (Å²) in [6, 6.07) is 0. The van der Waals surface area contributed by atoms with Crippen molar-refractivity contribution in [2.24, 2.45) is 0 Å². The summed E-state index contributed by atoms with van der Waals surface area (Å²) in [5.41, 5.74) is 0. The van der Waals surface area contributed by atoms with Gasteiger partial charge in [0.25, 0.3) is 0 Å². The Bertz CT molecular complexity index is 113. The molecule has 0 unspecified atom stereocenters. The molecule has 3 heteroatoms. The van der Waals surface area contributed by atoms with Gasteiger partial charge in [-0.15, -0.1) is 0 Å². The number of rotatable bonds is 4. The van der Waals surface area contributed by atoms with Crippen LogP contribution in [0.25, 0.3) is 0 Å². The highest BCUT2D eigenvalue weighted by atomic mass is 33.1. The summed E-state index contributed by atoms with van der Waals surface area (Å²) in [7, 11) is 3.82. The first-order chi connectivity index (χ1) is 5.06. The number of hydrogen-bond acceptors (Lipinski definition) is 3. The molecule has 0 spiro atoms. The van der Waals surface area contributed by atoms with Crippen LogP contribution in [0.2, 0.25) is 0 Å². The minimum absolute atomic E-state index is 0.374. The summed E-state index contributed by atoms with van der Waals surface area (Å²) in [5, 5.41) is 0. The molecule has 0 N–H and O–H groups in total. The lowest BCUT2D eigenvalue weighted by molar-refractivity contribution is 0.810. The lowest BCUT2D eigenvalue weighted by atomic mass is 10.3. The van der Waals surface area contributed by atoms with E-state index < -0.39 is 0 Å². The highest BCUT2D eigenvalue weighted by Gasteiger charge is 2.09. The van der Waals surface area contributed by atoms with Crippen LogP contribution in [-0.4, -0.2) is 16.3 Å². The van der Waals surface area contributed by atoms with Gasteiger partial charge in [-0.05, 0) is 0 Å². The molecule has 0 rings (SSSR count). The molecule has 0 radical (unpaired) electrons. The lowest BCUT2D eigenvalue weighted by Crippen LogP contribution is -2.04. The second-order valence-corrected chi connectivity index (χ2v) is 6.67. The molecule has 0 fully saturated rings. The summed E-state index contributed by atoms with van der Waals surface area (Å²) < 4.78 is 0.374. The summed E-state index contributed by atoms with van der Waals surface area (Å²) in [6.45, 7) is 6.69. The van der Waals surface area contributed by atoms with Crippen molar-refractivity contribution in [3.8, 4) is 0 Å². The fraction of sp³-hybridized carbons (Fsp3) is 0.750. The lowest BCUT2D eigenvalue weighted by Gasteiger charge is -2.15. The number of hydrogen-bond donors (Lipinski definition) is 1. The van der Waals surface area contributed by atoms with E-state index in [0.717, 1.165) is 11.5 Å². The standard InChI is InChI=1S/C8H16S3/c1-8(2,3)11-10-7-5-4-6-9/h4-5,9H,6-7H2,1-3H3/b5-4-. The highest BCUT2D eigenvalue weighted by Crippen LogP contribution is 2.34. The summed E-state index contributed by atoms with van der Waals surface area (Å²) >= 11 is 4.08. The van der Waals surface area contributed by atoms with E-state index in [1.807, 2.05) is 21.6 Å². The Morgan fingerprint density at radius 2 is 1.91 bits per heavy atom. The molecule has 0 saturated carbocycles. The second-order valence-electron chi connectivity index (χ2n) is 3.13. The van der Waals surface area contributed by atoms with E-state index in [1.165, 1.54) is 0 Å². The van der Waals surface area contributed by atoms with E-state index in [4.69, 9.17) is 0 Å². The fourth-order valence-electron chi connectivity index (χ4n) is 0.393. The molecule has 11 heavy (non-hydrogen) atoms. The van der Waals surface area contributed by atoms with Gasteiger partial charge in [0, 0.05) is 16.3 Å². The van der Waals surface area contributed by atoms with Gasteiger partial charge in [-0.1, -0.05) is 54.5 Å². The summed E-state index contributed by atoms with van der Waals surface area (Å²) in [5.74, 6) is 1.93. The zero-order valence-corrected chi connectivity index (χ0v) is 9.86. The molecular formula is C8H16S3. The molecule has 0 aliphatic carbocycles. The Morgan fingerprint density at radius 3 is 2.36 bits per heavy atom. The van der Waals surface area contributed by atoms with Gasteiger partial charge < -0.3 is 0 Å². The van der Waals surface area contributed by atoms with Gasteiger partial charge in [-0.3, -0.25) is 0 Å². The SMILES string of the molecule is CC(C)(C)SSC/C=C\CS. The molecule has 0 saturated heterocycles. The zero-order chi connectivity index (χ0) is 8.74.